The summed E-state index contributed by atoms with van der Waals surface area (Å²) in [5.74, 6) is 0.868. The quantitative estimate of drug-likeness (QED) is 0.789. The van der Waals surface area contributed by atoms with Crippen molar-refractivity contribution in [2.75, 3.05) is 32.7 Å². The number of hydrogen-bond acceptors (Lipinski definition) is 6. The molecule has 1 saturated heterocycles. The molecule has 3 rings (SSSR count). The van der Waals surface area contributed by atoms with Gasteiger partial charge in [-0.1, -0.05) is 19.3 Å². The summed E-state index contributed by atoms with van der Waals surface area (Å²) in [6, 6.07) is 0.199. The van der Waals surface area contributed by atoms with Crippen molar-refractivity contribution in [1.82, 2.24) is 15.1 Å². The zero-order valence-electron chi connectivity index (χ0n) is 15.8. The van der Waals surface area contributed by atoms with Gasteiger partial charge in [0.1, 0.15) is 5.60 Å². The zero-order valence-corrected chi connectivity index (χ0v) is 15.8. The van der Waals surface area contributed by atoms with Gasteiger partial charge in [-0.05, 0) is 33.6 Å². The third-order valence-electron chi connectivity index (χ3n) is 5.22. The minimum absolute atomic E-state index is 0.199. The van der Waals surface area contributed by atoms with Gasteiger partial charge in [-0.25, -0.2) is 4.79 Å². The average Bonchev–Trinajstić information content (AvgIpc) is 2.94. The summed E-state index contributed by atoms with van der Waals surface area (Å²) >= 11 is 0. The first kappa shape index (κ1) is 18.3. The van der Waals surface area contributed by atoms with Gasteiger partial charge in [0.05, 0.1) is 18.2 Å². The van der Waals surface area contributed by atoms with Gasteiger partial charge in [-0.15, -0.1) is 0 Å². The Morgan fingerprint density at radius 3 is 2.72 bits per heavy atom. The second-order valence-corrected chi connectivity index (χ2v) is 8.58. The van der Waals surface area contributed by atoms with Gasteiger partial charge >= 0.3 is 6.09 Å². The molecular formula is C18H32N4O3. The van der Waals surface area contributed by atoms with Crippen LogP contribution in [0.2, 0.25) is 0 Å². The number of guanidine groups is 1. The maximum Gasteiger partial charge on any atom is 0.410 e. The summed E-state index contributed by atoms with van der Waals surface area (Å²) in [7, 11) is 0. The zero-order chi connectivity index (χ0) is 18.1. The maximum atomic E-state index is 12.3. The fourth-order valence-corrected chi connectivity index (χ4v) is 3.85. The van der Waals surface area contributed by atoms with Crippen LogP contribution in [0.3, 0.4) is 0 Å². The Bertz CT molecular complexity index is 523. The lowest BCUT2D eigenvalue weighted by Gasteiger charge is -2.40. The lowest BCUT2D eigenvalue weighted by atomic mass is 9.85. The standard InChI is InChI=1S/C18H32N4O3/c1-17(2,3)25-16(23)21-9-10-22-14(12-21)11-19-15(22)20-13-18(24)7-5-4-6-8-18/h14,24H,4-13H2,1-3H3,(H,19,20). The number of nitrogens with zero attached hydrogens (tertiary/aromatic N) is 3. The molecule has 1 atom stereocenters. The molecule has 142 valence electrons. The fourth-order valence-electron chi connectivity index (χ4n) is 3.85. The first-order chi connectivity index (χ1) is 11.8. The van der Waals surface area contributed by atoms with Crippen molar-refractivity contribution in [2.24, 2.45) is 4.99 Å². The van der Waals surface area contributed by atoms with Crippen molar-refractivity contribution in [3.63, 3.8) is 0 Å². The highest BCUT2D eigenvalue weighted by Crippen LogP contribution is 2.27. The average molecular weight is 352 g/mol. The molecule has 25 heavy (non-hydrogen) atoms. The number of aliphatic imine (C=N–C) groups is 1. The predicted molar refractivity (Wildman–Crippen MR) is 96.6 cm³/mol. The first-order valence-electron chi connectivity index (χ1n) is 9.51. The number of ether oxygens (including phenoxy) is 1. The predicted octanol–water partition coefficient (Wildman–Crippen LogP) is 1.56. The van der Waals surface area contributed by atoms with Crippen molar-refractivity contribution >= 4 is 12.1 Å². The molecule has 2 fully saturated rings. The van der Waals surface area contributed by atoms with E-state index < -0.39 is 11.2 Å². The van der Waals surface area contributed by atoms with Gasteiger partial charge in [0.2, 0.25) is 0 Å². The largest absolute Gasteiger partial charge is 0.444 e. The van der Waals surface area contributed by atoms with E-state index in [9.17, 15) is 9.90 Å². The minimum Gasteiger partial charge on any atom is -0.444 e. The van der Waals surface area contributed by atoms with Crippen LogP contribution in [0.1, 0.15) is 52.9 Å². The van der Waals surface area contributed by atoms with E-state index in [0.29, 0.717) is 26.2 Å². The van der Waals surface area contributed by atoms with Gasteiger partial charge in [0.25, 0.3) is 0 Å². The molecule has 0 bridgehead atoms. The van der Waals surface area contributed by atoms with Gasteiger partial charge in [0.15, 0.2) is 5.96 Å². The van der Waals surface area contributed by atoms with E-state index in [4.69, 9.17) is 4.74 Å². The number of carbonyl (C=O) groups excluding carboxylic acids is 1. The topological polar surface area (TPSA) is 77.4 Å². The summed E-state index contributed by atoms with van der Waals surface area (Å²) in [6.07, 6.45) is 4.90. The van der Waals surface area contributed by atoms with Crippen LogP contribution in [0.25, 0.3) is 0 Å². The number of amides is 1. The van der Waals surface area contributed by atoms with Crippen LogP contribution in [0, 0.1) is 0 Å². The Morgan fingerprint density at radius 2 is 2.04 bits per heavy atom. The van der Waals surface area contributed by atoms with E-state index in [0.717, 1.165) is 38.2 Å². The van der Waals surface area contributed by atoms with Crippen LogP contribution in [0.5, 0.6) is 0 Å². The number of carbonyl (C=O) groups is 1. The van der Waals surface area contributed by atoms with Crippen LogP contribution in [-0.2, 0) is 4.74 Å². The normalized spacial score (nSPS) is 26.1. The highest BCUT2D eigenvalue weighted by atomic mass is 16.6. The van der Waals surface area contributed by atoms with E-state index in [-0.39, 0.29) is 12.1 Å². The molecule has 2 N–H and O–H groups in total. The van der Waals surface area contributed by atoms with Crippen molar-refractivity contribution in [3.05, 3.63) is 0 Å². The molecular weight excluding hydrogens is 320 g/mol. The molecule has 0 aromatic heterocycles. The molecule has 0 radical (unpaired) electrons. The third kappa shape index (κ3) is 4.57. The van der Waals surface area contributed by atoms with E-state index in [1.54, 1.807) is 4.90 Å². The van der Waals surface area contributed by atoms with Gasteiger partial charge in [0, 0.05) is 26.2 Å². The second-order valence-electron chi connectivity index (χ2n) is 8.58. The van der Waals surface area contributed by atoms with Crippen LogP contribution < -0.4 is 5.32 Å². The summed E-state index contributed by atoms with van der Waals surface area (Å²) in [5, 5.41) is 14.0. The van der Waals surface area contributed by atoms with E-state index in [2.05, 4.69) is 15.2 Å². The number of hydrogen-bond donors (Lipinski definition) is 2. The molecule has 2 heterocycles. The van der Waals surface area contributed by atoms with Crippen molar-refractivity contribution < 1.29 is 14.6 Å². The SMILES string of the molecule is CC(C)(C)OC(=O)N1CCN2C(NCC3(O)CCCCC3)=NCC2C1. The van der Waals surface area contributed by atoms with Crippen LogP contribution in [0.4, 0.5) is 4.79 Å². The number of nitrogens with one attached hydrogen (secondary N) is 1. The number of piperazine rings is 1. The molecule has 0 aromatic rings. The summed E-state index contributed by atoms with van der Waals surface area (Å²) in [6.45, 7) is 8.91. The monoisotopic (exact) mass is 352 g/mol. The number of fused-ring (bicyclic) bond motifs is 1. The molecule has 0 spiro atoms. The molecule has 1 amide bonds. The molecule has 0 aromatic carbocycles. The van der Waals surface area contributed by atoms with E-state index in [1.165, 1.54) is 6.42 Å². The molecule has 1 unspecified atom stereocenters. The Hall–Kier alpha value is -1.50. The Morgan fingerprint density at radius 1 is 1.32 bits per heavy atom. The van der Waals surface area contributed by atoms with Gasteiger partial charge in [-0.2, -0.15) is 0 Å². The first-order valence-corrected chi connectivity index (χ1v) is 9.51. The molecule has 7 nitrogen and oxygen atoms in total. The minimum atomic E-state index is -0.600. The lowest BCUT2D eigenvalue weighted by molar-refractivity contribution is 0.00696. The smallest absolute Gasteiger partial charge is 0.410 e. The summed E-state index contributed by atoms with van der Waals surface area (Å²) in [4.78, 5) is 20.9. The van der Waals surface area contributed by atoms with Crippen LogP contribution >= 0.6 is 0 Å². The van der Waals surface area contributed by atoms with Crippen LogP contribution in [-0.4, -0.2) is 76.9 Å². The fraction of sp³-hybridized carbons (Fsp3) is 0.889. The van der Waals surface area contributed by atoms with E-state index in [1.807, 2.05) is 20.8 Å². The molecule has 3 aliphatic rings. The Balaban J connectivity index is 1.49. The highest BCUT2D eigenvalue weighted by molar-refractivity contribution is 5.82. The Kier molecular flexibility index (Phi) is 5.14. The second kappa shape index (κ2) is 7.02. The summed E-state index contributed by atoms with van der Waals surface area (Å²) in [5.41, 5.74) is -1.07. The molecule has 1 saturated carbocycles. The molecule has 7 heteroatoms. The van der Waals surface area contributed by atoms with Crippen molar-refractivity contribution in [3.8, 4) is 0 Å². The lowest BCUT2D eigenvalue weighted by Crippen LogP contribution is -2.58. The number of aliphatic hydroxyl groups is 1. The molecule has 1 aliphatic carbocycles. The number of rotatable bonds is 2. The summed E-state index contributed by atoms with van der Waals surface area (Å²) < 4.78 is 5.47. The van der Waals surface area contributed by atoms with E-state index >= 15 is 0 Å². The van der Waals surface area contributed by atoms with Crippen molar-refractivity contribution in [1.29, 1.82) is 0 Å². The third-order valence-corrected chi connectivity index (χ3v) is 5.22. The maximum absolute atomic E-state index is 12.3. The Labute approximate surface area is 150 Å². The van der Waals surface area contributed by atoms with Gasteiger partial charge < -0.3 is 25.0 Å². The van der Waals surface area contributed by atoms with Crippen LogP contribution in [0.15, 0.2) is 4.99 Å². The van der Waals surface area contributed by atoms with Gasteiger partial charge in [-0.3, -0.25) is 4.99 Å². The molecule has 2 aliphatic heterocycles. The van der Waals surface area contributed by atoms with Crippen molar-refractivity contribution in [2.45, 2.75) is 70.1 Å². The highest BCUT2D eigenvalue weighted by Gasteiger charge is 2.37.